The molecule has 0 radical (unpaired) electrons. The van der Waals surface area contributed by atoms with Crippen LogP contribution in [0.2, 0.25) is 0 Å². The normalized spacial score (nSPS) is 22.9. The van der Waals surface area contributed by atoms with Crippen molar-refractivity contribution in [1.29, 1.82) is 0 Å². The molecule has 0 aromatic carbocycles. The van der Waals surface area contributed by atoms with Crippen LogP contribution in [0.3, 0.4) is 0 Å². The minimum absolute atomic E-state index is 0.883. The van der Waals surface area contributed by atoms with Gasteiger partial charge in [0.2, 0.25) is 0 Å². The van der Waals surface area contributed by atoms with Crippen molar-refractivity contribution in [3.8, 4) is 0 Å². The third-order valence-electron chi connectivity index (χ3n) is 2.41. The van der Waals surface area contributed by atoms with E-state index < -0.39 is 0 Å². The number of hydrogen-bond donors (Lipinski definition) is 0. The van der Waals surface area contributed by atoms with Crippen LogP contribution in [0.4, 0.5) is 0 Å². The molecule has 1 rings (SSSR count). The summed E-state index contributed by atoms with van der Waals surface area (Å²) in [6.45, 7) is 3.69. The van der Waals surface area contributed by atoms with Gasteiger partial charge in [0.25, 0.3) is 0 Å². The van der Waals surface area contributed by atoms with Crippen LogP contribution in [0.15, 0.2) is 0 Å². The highest BCUT2D eigenvalue weighted by atomic mass is 15.1. The van der Waals surface area contributed by atoms with E-state index in [1.807, 2.05) is 0 Å². The van der Waals surface area contributed by atoms with Crippen molar-refractivity contribution in [1.82, 2.24) is 9.80 Å². The lowest BCUT2D eigenvalue weighted by Gasteiger charge is -2.32. The first-order valence-corrected chi connectivity index (χ1v) is 4.38. The second kappa shape index (κ2) is 4.07. The molecule has 0 spiro atoms. The van der Waals surface area contributed by atoms with Gasteiger partial charge >= 0.3 is 0 Å². The van der Waals surface area contributed by atoms with Crippen LogP contribution in [-0.4, -0.2) is 43.5 Å². The van der Waals surface area contributed by atoms with E-state index in [1.54, 1.807) is 0 Å². The molecule has 0 aromatic heterocycles. The van der Waals surface area contributed by atoms with E-state index in [1.165, 1.54) is 25.9 Å². The van der Waals surface area contributed by atoms with Crippen LogP contribution in [0.5, 0.6) is 0 Å². The van der Waals surface area contributed by atoms with E-state index in [0.29, 0.717) is 0 Å². The molecule has 1 saturated heterocycles. The van der Waals surface area contributed by atoms with Crippen molar-refractivity contribution in [3.05, 3.63) is 7.05 Å². The lowest BCUT2D eigenvalue weighted by Crippen LogP contribution is -2.34. The highest BCUT2D eigenvalue weighted by Crippen LogP contribution is 2.16. The Kier molecular flexibility index (Phi) is 3.34. The van der Waals surface area contributed by atoms with Crippen LogP contribution in [-0.2, 0) is 0 Å². The van der Waals surface area contributed by atoms with Gasteiger partial charge in [-0.1, -0.05) is 0 Å². The van der Waals surface area contributed by atoms with E-state index in [4.69, 9.17) is 0 Å². The molecule has 1 aliphatic heterocycles. The highest BCUT2D eigenvalue weighted by Gasteiger charge is 2.15. The van der Waals surface area contributed by atoms with Crippen LogP contribution in [0.1, 0.15) is 12.8 Å². The molecule has 0 aliphatic carbocycles. The standard InChI is InChI=1S/C9H19N2/c1-10(2)8-9-4-6-11(3)7-5-9/h9H,1,4-8H2,2-3H3/q-1. The molecule has 0 saturated carbocycles. The van der Waals surface area contributed by atoms with Crippen LogP contribution in [0.25, 0.3) is 0 Å². The van der Waals surface area contributed by atoms with Crippen molar-refractivity contribution >= 4 is 0 Å². The van der Waals surface area contributed by atoms with Gasteiger partial charge in [-0.2, -0.15) is 0 Å². The molecule has 0 aromatic rings. The lowest BCUT2D eigenvalue weighted by molar-refractivity contribution is 0.194. The maximum absolute atomic E-state index is 3.87. The van der Waals surface area contributed by atoms with Crippen LogP contribution < -0.4 is 0 Å². The number of hydrogen-bond acceptors (Lipinski definition) is 2. The molecule has 0 atom stereocenters. The summed E-state index contributed by atoms with van der Waals surface area (Å²) < 4.78 is 0. The van der Waals surface area contributed by atoms with Crippen molar-refractivity contribution in [2.24, 2.45) is 5.92 Å². The molecule has 0 amide bonds. The Morgan fingerprint density at radius 3 is 2.45 bits per heavy atom. The number of rotatable bonds is 2. The zero-order valence-electron chi connectivity index (χ0n) is 7.71. The molecule has 1 aliphatic rings. The minimum atomic E-state index is 0.883. The van der Waals surface area contributed by atoms with Crippen molar-refractivity contribution < 1.29 is 0 Å². The molecule has 2 heteroatoms. The molecule has 1 heterocycles. The van der Waals surface area contributed by atoms with E-state index in [2.05, 4.69) is 30.9 Å². The summed E-state index contributed by atoms with van der Waals surface area (Å²) in [6, 6.07) is 0. The molecule has 0 unspecified atom stereocenters. The van der Waals surface area contributed by atoms with Crippen molar-refractivity contribution in [3.63, 3.8) is 0 Å². The van der Waals surface area contributed by atoms with E-state index >= 15 is 0 Å². The summed E-state index contributed by atoms with van der Waals surface area (Å²) in [4.78, 5) is 4.45. The van der Waals surface area contributed by atoms with Crippen molar-refractivity contribution in [2.75, 3.05) is 33.7 Å². The van der Waals surface area contributed by atoms with Gasteiger partial charge in [0.05, 0.1) is 0 Å². The maximum Gasteiger partial charge on any atom is -0.00187 e. The third kappa shape index (κ3) is 3.21. The summed E-state index contributed by atoms with van der Waals surface area (Å²) in [5.74, 6) is 0.883. The fourth-order valence-electron chi connectivity index (χ4n) is 1.69. The van der Waals surface area contributed by atoms with E-state index in [9.17, 15) is 0 Å². The van der Waals surface area contributed by atoms with Gasteiger partial charge in [-0.15, -0.1) is 0 Å². The third-order valence-corrected chi connectivity index (χ3v) is 2.41. The fourth-order valence-corrected chi connectivity index (χ4v) is 1.69. The molecule has 0 bridgehead atoms. The predicted molar refractivity (Wildman–Crippen MR) is 48.2 cm³/mol. The summed E-state index contributed by atoms with van der Waals surface area (Å²) in [7, 11) is 8.12. The molecule has 11 heavy (non-hydrogen) atoms. The maximum atomic E-state index is 3.87. The average molecular weight is 155 g/mol. The molecular weight excluding hydrogens is 136 g/mol. The highest BCUT2D eigenvalue weighted by molar-refractivity contribution is 4.71. The van der Waals surface area contributed by atoms with Gasteiger partial charge in [-0.05, 0) is 52.5 Å². The minimum Gasteiger partial charge on any atom is -0.462 e. The summed E-state index contributed by atoms with van der Waals surface area (Å²) in [6.07, 6.45) is 2.69. The fraction of sp³-hybridized carbons (Fsp3) is 0.889. The van der Waals surface area contributed by atoms with Gasteiger partial charge in [0.1, 0.15) is 0 Å². The topological polar surface area (TPSA) is 6.48 Å². The lowest BCUT2D eigenvalue weighted by atomic mass is 9.97. The van der Waals surface area contributed by atoms with Gasteiger partial charge in [-0.3, -0.25) is 7.05 Å². The van der Waals surface area contributed by atoms with Gasteiger partial charge in [-0.25, -0.2) is 0 Å². The SMILES string of the molecule is [CH2-]N(C)CC1CCN(C)CC1. The molecular formula is C9H19N2-. The Hall–Kier alpha value is -0.0800. The second-order valence-electron chi connectivity index (χ2n) is 3.79. The van der Waals surface area contributed by atoms with Gasteiger partial charge in [0, 0.05) is 0 Å². The Labute approximate surface area is 70.2 Å². The average Bonchev–Trinajstić information content (AvgIpc) is 1.93. The molecule has 1 fully saturated rings. The number of piperidine rings is 1. The van der Waals surface area contributed by atoms with Gasteiger partial charge in [0.15, 0.2) is 0 Å². The Balaban J connectivity index is 2.17. The Morgan fingerprint density at radius 2 is 2.00 bits per heavy atom. The zero-order valence-corrected chi connectivity index (χ0v) is 7.71. The second-order valence-corrected chi connectivity index (χ2v) is 3.79. The molecule has 66 valence electrons. The number of nitrogens with zero attached hydrogens (tertiary/aromatic N) is 2. The van der Waals surface area contributed by atoms with E-state index in [-0.39, 0.29) is 0 Å². The largest absolute Gasteiger partial charge is 0.462 e. The van der Waals surface area contributed by atoms with Gasteiger partial charge < -0.3 is 9.80 Å². The van der Waals surface area contributed by atoms with E-state index in [0.717, 1.165) is 12.5 Å². The monoisotopic (exact) mass is 155 g/mol. The number of likely N-dealkylation sites (tertiary alicyclic amines) is 1. The van der Waals surface area contributed by atoms with Crippen LogP contribution >= 0.6 is 0 Å². The molecule has 2 nitrogen and oxygen atoms in total. The quantitative estimate of drug-likeness (QED) is 0.550. The zero-order chi connectivity index (χ0) is 8.27. The summed E-state index contributed by atoms with van der Waals surface area (Å²) >= 11 is 0. The predicted octanol–water partition coefficient (Wildman–Crippen LogP) is 1.05. The van der Waals surface area contributed by atoms with Crippen molar-refractivity contribution in [2.45, 2.75) is 12.8 Å². The Morgan fingerprint density at radius 1 is 1.45 bits per heavy atom. The first-order chi connectivity index (χ1) is 5.18. The first-order valence-electron chi connectivity index (χ1n) is 4.38. The smallest absolute Gasteiger partial charge is 0.00187 e. The van der Waals surface area contributed by atoms with Crippen LogP contribution in [0, 0.1) is 13.0 Å². The summed E-state index contributed by atoms with van der Waals surface area (Å²) in [5.41, 5.74) is 0. The Bertz CT molecular complexity index is 104. The first kappa shape index (κ1) is 9.01. The molecule has 0 N–H and O–H groups in total. The summed E-state index contributed by atoms with van der Waals surface area (Å²) in [5, 5.41) is 0.